The van der Waals surface area contributed by atoms with Crippen LogP contribution in [0, 0.1) is 0 Å². The summed E-state index contributed by atoms with van der Waals surface area (Å²) in [6.07, 6.45) is 3.16. The lowest BCUT2D eigenvalue weighted by atomic mass is 10.0. The molecule has 3 N–H and O–H groups in total. The Labute approximate surface area is 236 Å². The lowest BCUT2D eigenvalue weighted by molar-refractivity contribution is -0.168. The molecule has 3 heterocycles. The number of ether oxygens (including phenoxy) is 4. The van der Waals surface area contributed by atoms with Crippen LogP contribution in [0.15, 0.2) is 48.8 Å². The fraction of sp³-hybridized carbons (Fsp3) is 0.567. The van der Waals surface area contributed by atoms with Gasteiger partial charge in [-0.2, -0.15) is 0 Å². The number of aliphatic hydroxyl groups is 1. The second-order valence-corrected chi connectivity index (χ2v) is 11.9. The smallest absolute Gasteiger partial charge is 0.349 e. The highest BCUT2D eigenvalue weighted by molar-refractivity contribution is 5.77. The zero-order valence-corrected chi connectivity index (χ0v) is 24.3. The largest absolute Gasteiger partial charge is 0.487 e. The summed E-state index contributed by atoms with van der Waals surface area (Å²) < 4.78 is 22.3. The first kappa shape index (κ1) is 31.3. The Morgan fingerprint density at radius 1 is 0.900 bits per heavy atom. The number of aromatic nitrogens is 1. The summed E-state index contributed by atoms with van der Waals surface area (Å²) >= 11 is 0. The molecule has 0 amide bonds. The van der Waals surface area contributed by atoms with E-state index in [1.54, 1.807) is 39.2 Å². The maximum Gasteiger partial charge on any atom is 0.349 e. The van der Waals surface area contributed by atoms with Gasteiger partial charge in [0.15, 0.2) is 6.10 Å². The van der Waals surface area contributed by atoms with Crippen LogP contribution < -0.4 is 20.1 Å². The van der Waals surface area contributed by atoms with Crippen LogP contribution in [0.2, 0.25) is 0 Å². The number of benzene rings is 1. The minimum atomic E-state index is -1.02. The molecule has 1 aromatic heterocycles. The average Bonchev–Trinajstić information content (AvgIpc) is 2.79. The normalized spacial score (nSPS) is 19.9. The summed E-state index contributed by atoms with van der Waals surface area (Å²) in [5, 5.41) is 15.6. The first-order valence-electron chi connectivity index (χ1n) is 13.7. The number of aliphatic hydroxyl groups excluding tert-OH is 1. The van der Waals surface area contributed by atoms with E-state index >= 15 is 0 Å². The number of carbonyl (C=O) groups excluding carboxylic acids is 2. The molecule has 0 radical (unpaired) electrons. The monoisotopic (exact) mass is 557 g/mol. The van der Waals surface area contributed by atoms with E-state index in [4.69, 9.17) is 18.9 Å². The quantitative estimate of drug-likeness (QED) is 0.396. The minimum Gasteiger partial charge on any atom is -0.487 e. The summed E-state index contributed by atoms with van der Waals surface area (Å²) in [5.74, 6) is 0.144. The van der Waals surface area contributed by atoms with Crippen LogP contribution in [0.5, 0.6) is 11.5 Å². The van der Waals surface area contributed by atoms with Crippen molar-refractivity contribution in [3.05, 3.63) is 54.4 Å². The van der Waals surface area contributed by atoms with Gasteiger partial charge >= 0.3 is 11.9 Å². The van der Waals surface area contributed by atoms with Crippen molar-refractivity contribution in [1.82, 2.24) is 15.6 Å². The van der Waals surface area contributed by atoms with Crippen molar-refractivity contribution in [2.45, 2.75) is 96.5 Å². The van der Waals surface area contributed by atoms with E-state index in [0.717, 1.165) is 31.5 Å². The molecule has 2 saturated heterocycles. The Morgan fingerprint density at radius 3 is 1.98 bits per heavy atom. The maximum absolute atomic E-state index is 12.6. The molecule has 0 aliphatic carbocycles. The highest BCUT2D eigenvalue weighted by Crippen LogP contribution is 2.24. The molecule has 4 rings (SSSR count). The number of esters is 2. The van der Waals surface area contributed by atoms with Crippen molar-refractivity contribution in [3.8, 4) is 11.5 Å². The third kappa shape index (κ3) is 10.4. The molecule has 220 valence electrons. The Morgan fingerprint density at radius 2 is 1.45 bits per heavy atom. The highest BCUT2D eigenvalue weighted by Gasteiger charge is 2.37. The molecule has 0 spiro atoms. The van der Waals surface area contributed by atoms with E-state index in [2.05, 4.69) is 15.6 Å². The average molecular weight is 558 g/mol. The summed E-state index contributed by atoms with van der Waals surface area (Å²) in [7, 11) is 0. The Balaban J connectivity index is 0.000000285. The van der Waals surface area contributed by atoms with Crippen molar-refractivity contribution in [3.63, 3.8) is 0 Å². The van der Waals surface area contributed by atoms with Crippen LogP contribution in [0.3, 0.4) is 0 Å². The van der Waals surface area contributed by atoms with Gasteiger partial charge in [0.25, 0.3) is 0 Å². The van der Waals surface area contributed by atoms with Crippen molar-refractivity contribution < 1.29 is 33.6 Å². The molecule has 2 aliphatic heterocycles. The fourth-order valence-electron chi connectivity index (χ4n) is 3.76. The number of nitrogens with zero attached hydrogens (tertiary/aromatic N) is 1. The van der Waals surface area contributed by atoms with Gasteiger partial charge in [0.2, 0.25) is 6.10 Å². The molecule has 2 aromatic rings. The predicted molar refractivity (Wildman–Crippen MR) is 150 cm³/mol. The van der Waals surface area contributed by atoms with Crippen molar-refractivity contribution in [2.75, 3.05) is 13.1 Å². The van der Waals surface area contributed by atoms with Gasteiger partial charge in [-0.05, 0) is 73.0 Å². The number of carbonyl (C=O) groups is 2. The molecule has 10 heteroatoms. The molecule has 40 heavy (non-hydrogen) atoms. The lowest BCUT2D eigenvalue weighted by Gasteiger charge is -2.35. The molecule has 1 aromatic carbocycles. The Kier molecular flexibility index (Phi) is 10.9. The molecule has 0 saturated carbocycles. The molecule has 0 bridgehead atoms. The van der Waals surface area contributed by atoms with Crippen LogP contribution >= 0.6 is 0 Å². The SMILES string of the molecule is CC(C)(C)OC(=O)C(O)C1CCN1.CC(C)(C)OC(=O)C(Oc1cncc(OCc2ccccc2)c1)[C@@H]1CCN1. The Bertz CT molecular complexity index is 1090. The van der Waals surface area contributed by atoms with Crippen LogP contribution in [-0.2, 0) is 25.7 Å². The molecule has 3 unspecified atom stereocenters. The molecular weight excluding hydrogens is 514 g/mol. The Hall–Kier alpha value is -3.21. The minimum absolute atomic E-state index is 0.0613. The van der Waals surface area contributed by atoms with Crippen molar-refractivity contribution >= 4 is 11.9 Å². The molecular formula is C30H43N3O7. The second-order valence-electron chi connectivity index (χ2n) is 11.9. The first-order chi connectivity index (χ1) is 18.8. The van der Waals surface area contributed by atoms with E-state index in [1.807, 2.05) is 51.1 Å². The molecule has 10 nitrogen and oxygen atoms in total. The van der Waals surface area contributed by atoms with Gasteiger partial charge in [0, 0.05) is 12.1 Å². The van der Waals surface area contributed by atoms with Crippen molar-refractivity contribution in [1.29, 1.82) is 0 Å². The van der Waals surface area contributed by atoms with Gasteiger partial charge in [0.1, 0.15) is 29.3 Å². The molecule has 2 fully saturated rings. The van der Waals surface area contributed by atoms with E-state index < -0.39 is 29.4 Å². The molecule has 4 atom stereocenters. The van der Waals surface area contributed by atoms with Gasteiger partial charge in [-0.1, -0.05) is 30.3 Å². The van der Waals surface area contributed by atoms with E-state index in [9.17, 15) is 14.7 Å². The second kappa shape index (κ2) is 13.9. The standard InChI is InChI=1S/C21H26N2O4.C9H17NO3/c1-21(2,3)27-20(24)19(18-9-10-23-18)26-17-11-16(12-22-13-17)25-14-15-7-5-4-6-8-15;1-9(2,3)13-8(12)7(11)6-4-5-10-6/h4-8,11-13,18-19,23H,9-10,14H2,1-3H3;6-7,10-11H,4-5H2,1-3H3/t18-,19?;/m0./s1. The van der Waals surface area contributed by atoms with E-state index in [1.165, 1.54) is 0 Å². The van der Waals surface area contributed by atoms with Crippen LogP contribution in [0.1, 0.15) is 59.9 Å². The number of pyridine rings is 1. The lowest BCUT2D eigenvalue weighted by Crippen LogP contribution is -2.57. The summed E-state index contributed by atoms with van der Waals surface area (Å²) in [4.78, 5) is 28.0. The zero-order valence-electron chi connectivity index (χ0n) is 24.3. The number of rotatable bonds is 9. The molecule has 2 aliphatic rings. The zero-order chi connectivity index (χ0) is 29.3. The summed E-state index contributed by atoms with van der Waals surface area (Å²) in [5.41, 5.74) is -0.0301. The van der Waals surface area contributed by atoms with Crippen molar-refractivity contribution in [2.24, 2.45) is 0 Å². The van der Waals surface area contributed by atoms with Gasteiger partial charge in [-0.3, -0.25) is 4.98 Å². The number of hydrogen-bond donors (Lipinski definition) is 3. The van der Waals surface area contributed by atoms with Gasteiger partial charge in [-0.25, -0.2) is 9.59 Å². The highest BCUT2D eigenvalue weighted by atomic mass is 16.6. The predicted octanol–water partition coefficient (Wildman–Crippen LogP) is 3.16. The number of hydrogen-bond acceptors (Lipinski definition) is 10. The van der Waals surface area contributed by atoms with Gasteiger partial charge in [-0.15, -0.1) is 0 Å². The third-order valence-corrected chi connectivity index (χ3v) is 5.96. The number of nitrogens with one attached hydrogen (secondary N) is 2. The topological polar surface area (TPSA) is 128 Å². The maximum atomic E-state index is 12.6. The third-order valence-electron chi connectivity index (χ3n) is 5.96. The van der Waals surface area contributed by atoms with Crippen LogP contribution in [0.25, 0.3) is 0 Å². The summed E-state index contributed by atoms with van der Waals surface area (Å²) in [6, 6.07) is 11.4. The first-order valence-corrected chi connectivity index (χ1v) is 13.7. The van der Waals surface area contributed by atoms with E-state index in [0.29, 0.717) is 18.1 Å². The van der Waals surface area contributed by atoms with Gasteiger partial charge < -0.3 is 34.7 Å². The van der Waals surface area contributed by atoms with Crippen LogP contribution in [-0.4, -0.2) is 70.6 Å². The van der Waals surface area contributed by atoms with Gasteiger partial charge in [0.05, 0.1) is 18.4 Å². The van der Waals surface area contributed by atoms with E-state index in [-0.39, 0.29) is 18.1 Å². The fourth-order valence-corrected chi connectivity index (χ4v) is 3.76. The van der Waals surface area contributed by atoms with Crippen LogP contribution in [0.4, 0.5) is 0 Å². The summed E-state index contributed by atoms with van der Waals surface area (Å²) in [6.45, 7) is 13.0.